The molecule has 0 radical (unpaired) electrons. The number of nitrogens with one attached hydrogen (secondary N) is 1. The molecule has 238 valence electrons. The molecule has 2 aliphatic rings. The van der Waals surface area contributed by atoms with Crippen LogP contribution in [-0.2, 0) is 34.0 Å². The second-order valence-corrected chi connectivity index (χ2v) is 12.6. The molecule has 1 atom stereocenters. The molecular formula is C40H44N2O4. The van der Waals surface area contributed by atoms with Crippen LogP contribution < -0.4 is 10.2 Å². The van der Waals surface area contributed by atoms with Gasteiger partial charge < -0.3 is 14.4 Å². The Morgan fingerprint density at radius 2 is 1.35 bits per heavy atom. The summed E-state index contributed by atoms with van der Waals surface area (Å²) in [6.07, 6.45) is 8.88. The van der Waals surface area contributed by atoms with Crippen molar-refractivity contribution in [3.8, 4) is 0 Å². The molecule has 0 bridgehead atoms. The van der Waals surface area contributed by atoms with Crippen molar-refractivity contribution in [3.63, 3.8) is 0 Å². The summed E-state index contributed by atoms with van der Waals surface area (Å²) in [6.45, 7) is 1.63. The molecule has 1 heterocycles. The molecule has 0 aromatic heterocycles. The van der Waals surface area contributed by atoms with Gasteiger partial charge in [-0.3, -0.25) is 10.1 Å². The maximum absolute atomic E-state index is 14.7. The highest BCUT2D eigenvalue weighted by Gasteiger charge is 2.44. The maximum Gasteiger partial charge on any atom is 0.338 e. The Bertz CT molecular complexity index is 1540. The number of hydrogen-bond acceptors (Lipinski definition) is 5. The van der Waals surface area contributed by atoms with E-state index in [4.69, 9.17) is 9.47 Å². The first-order chi connectivity index (χ1) is 22.6. The molecule has 1 saturated carbocycles. The second-order valence-electron chi connectivity index (χ2n) is 12.6. The van der Waals surface area contributed by atoms with Gasteiger partial charge in [0, 0.05) is 5.69 Å². The van der Waals surface area contributed by atoms with E-state index in [9.17, 15) is 9.59 Å². The lowest BCUT2D eigenvalue weighted by molar-refractivity contribution is -0.156. The third-order valence-electron chi connectivity index (χ3n) is 9.31. The highest BCUT2D eigenvalue weighted by molar-refractivity contribution is 6.00. The van der Waals surface area contributed by atoms with Crippen molar-refractivity contribution in [2.24, 2.45) is 0 Å². The average molecular weight is 617 g/mol. The Hall–Kier alpha value is -4.26. The Balaban J connectivity index is 1.25. The summed E-state index contributed by atoms with van der Waals surface area (Å²) in [5.41, 5.74) is 4.38. The molecule has 1 aliphatic carbocycles. The molecule has 46 heavy (non-hydrogen) atoms. The molecule has 4 aromatic carbocycles. The lowest BCUT2D eigenvalue weighted by Gasteiger charge is -2.40. The van der Waals surface area contributed by atoms with E-state index in [1.807, 2.05) is 72.8 Å². The number of piperidine rings is 1. The van der Waals surface area contributed by atoms with E-state index in [0.717, 1.165) is 29.5 Å². The van der Waals surface area contributed by atoms with Gasteiger partial charge in [0.2, 0.25) is 0 Å². The van der Waals surface area contributed by atoms with Crippen LogP contribution in [0.5, 0.6) is 0 Å². The van der Waals surface area contributed by atoms with Gasteiger partial charge in [-0.15, -0.1) is 0 Å². The monoisotopic (exact) mass is 616 g/mol. The van der Waals surface area contributed by atoms with Gasteiger partial charge in [0.15, 0.2) is 5.72 Å². The van der Waals surface area contributed by atoms with E-state index in [1.54, 1.807) is 17.0 Å². The maximum atomic E-state index is 14.7. The van der Waals surface area contributed by atoms with Crippen LogP contribution in [0.4, 0.5) is 5.69 Å². The highest BCUT2D eigenvalue weighted by atomic mass is 16.5. The minimum Gasteiger partial charge on any atom is -0.457 e. The van der Waals surface area contributed by atoms with Crippen LogP contribution in [0, 0.1) is 0 Å². The third kappa shape index (κ3) is 7.93. The largest absolute Gasteiger partial charge is 0.457 e. The third-order valence-corrected chi connectivity index (χ3v) is 9.31. The molecule has 6 nitrogen and oxygen atoms in total. The van der Waals surface area contributed by atoms with Crippen LogP contribution >= 0.6 is 0 Å². The predicted octanol–water partition coefficient (Wildman–Crippen LogP) is 8.31. The average Bonchev–Trinajstić information content (AvgIpc) is 3.14. The number of carbonyl (C=O) groups excluding carboxylic acids is 2. The van der Waals surface area contributed by atoms with Crippen LogP contribution in [0.25, 0.3) is 0 Å². The Labute approximate surface area is 272 Å². The van der Waals surface area contributed by atoms with Crippen LogP contribution in [0.2, 0.25) is 0 Å². The van der Waals surface area contributed by atoms with Gasteiger partial charge in [-0.2, -0.15) is 0 Å². The molecule has 0 spiro atoms. The lowest BCUT2D eigenvalue weighted by Crippen LogP contribution is -2.61. The number of rotatable bonds is 11. The summed E-state index contributed by atoms with van der Waals surface area (Å²) < 4.78 is 12.1. The molecule has 1 amide bonds. The van der Waals surface area contributed by atoms with Gasteiger partial charge in [0.25, 0.3) is 5.91 Å². The molecule has 6 rings (SSSR count). The van der Waals surface area contributed by atoms with Gasteiger partial charge in [-0.05, 0) is 91.1 Å². The molecule has 1 saturated heterocycles. The van der Waals surface area contributed by atoms with E-state index in [0.29, 0.717) is 43.3 Å². The molecular weight excluding hydrogens is 572 g/mol. The fourth-order valence-corrected chi connectivity index (χ4v) is 6.62. The molecule has 4 aromatic rings. The van der Waals surface area contributed by atoms with E-state index in [-0.39, 0.29) is 12.5 Å². The van der Waals surface area contributed by atoms with Crippen molar-refractivity contribution in [2.75, 3.05) is 11.4 Å². The van der Waals surface area contributed by atoms with Gasteiger partial charge >= 0.3 is 5.97 Å². The van der Waals surface area contributed by atoms with Crippen molar-refractivity contribution >= 4 is 17.6 Å². The van der Waals surface area contributed by atoms with Gasteiger partial charge in [-0.25, -0.2) is 4.79 Å². The van der Waals surface area contributed by atoms with Gasteiger partial charge in [-0.1, -0.05) is 104 Å². The molecule has 1 N–H and O–H groups in total. The van der Waals surface area contributed by atoms with Crippen molar-refractivity contribution in [1.82, 2.24) is 5.32 Å². The summed E-state index contributed by atoms with van der Waals surface area (Å²) in [5.74, 6) is 0.0953. The predicted molar refractivity (Wildman–Crippen MR) is 181 cm³/mol. The Morgan fingerprint density at radius 1 is 0.696 bits per heavy atom. The van der Waals surface area contributed by atoms with Crippen LogP contribution in [0.3, 0.4) is 0 Å². The number of hydrogen-bond donors (Lipinski definition) is 1. The number of ether oxygens (including phenoxy) is 2. The number of anilines is 1. The van der Waals surface area contributed by atoms with Crippen LogP contribution in [0.15, 0.2) is 109 Å². The van der Waals surface area contributed by atoms with E-state index in [2.05, 4.69) is 29.6 Å². The minimum atomic E-state index is -1.15. The molecule has 1 aliphatic heterocycles. The highest BCUT2D eigenvalue weighted by Crippen LogP contribution is 2.33. The molecule has 0 unspecified atom stereocenters. The summed E-state index contributed by atoms with van der Waals surface area (Å²) in [5, 5.41) is 3.47. The number of nitrogens with zero attached hydrogens (tertiary/aromatic N) is 1. The first-order valence-corrected chi connectivity index (χ1v) is 16.7. The lowest BCUT2D eigenvalue weighted by atomic mass is 9.84. The van der Waals surface area contributed by atoms with Crippen molar-refractivity contribution in [2.45, 2.75) is 82.8 Å². The summed E-state index contributed by atoms with van der Waals surface area (Å²) in [6, 6.07) is 35.5. The second kappa shape index (κ2) is 15.4. The quantitative estimate of drug-likeness (QED) is 0.172. The fraction of sp³-hybridized carbons (Fsp3) is 0.350. The zero-order valence-electron chi connectivity index (χ0n) is 26.5. The summed E-state index contributed by atoms with van der Waals surface area (Å²) in [7, 11) is 0. The van der Waals surface area contributed by atoms with Crippen molar-refractivity contribution < 1.29 is 19.1 Å². The normalized spacial score (nSPS) is 18.5. The van der Waals surface area contributed by atoms with Crippen molar-refractivity contribution in [1.29, 1.82) is 0 Å². The topological polar surface area (TPSA) is 67.9 Å². The number of carbonyl (C=O) groups is 2. The Morgan fingerprint density at radius 3 is 1.98 bits per heavy atom. The molecule has 6 heteroatoms. The molecule has 2 fully saturated rings. The zero-order chi connectivity index (χ0) is 31.6. The van der Waals surface area contributed by atoms with Gasteiger partial charge in [0.1, 0.15) is 6.61 Å². The number of amides is 1. The first-order valence-electron chi connectivity index (χ1n) is 16.7. The standard InChI is InChI=1S/C40H44N2O4/c43-38(45-29-32-12-4-1-5-13-32)36-22-24-37(25-23-36)42(28-31-18-20-35(21-19-31)34-16-8-3-9-17-34)39(44)40(26-10-11-27-41-40)46-30-33-14-6-2-7-15-33/h1-2,4-7,12-15,18-25,34,41H,3,8-11,16-17,26-30H2/t40-/m1/s1. The fourth-order valence-electron chi connectivity index (χ4n) is 6.62. The van der Waals surface area contributed by atoms with Gasteiger partial charge in [0.05, 0.1) is 18.7 Å². The van der Waals surface area contributed by atoms with Crippen LogP contribution in [-0.4, -0.2) is 24.1 Å². The van der Waals surface area contributed by atoms with Crippen molar-refractivity contribution in [3.05, 3.63) is 137 Å². The zero-order valence-corrected chi connectivity index (χ0v) is 26.5. The first kappa shape index (κ1) is 31.7. The summed E-state index contributed by atoms with van der Waals surface area (Å²) in [4.78, 5) is 29.4. The SMILES string of the molecule is O=C(OCc1ccccc1)c1ccc(N(Cc2ccc(C3CCCCC3)cc2)C(=O)[C@]2(OCc3ccccc3)CCCCN2)cc1. The Kier molecular flexibility index (Phi) is 10.6. The van der Waals surface area contributed by atoms with E-state index >= 15 is 0 Å². The van der Waals surface area contributed by atoms with Crippen LogP contribution in [0.1, 0.15) is 89.9 Å². The summed E-state index contributed by atoms with van der Waals surface area (Å²) >= 11 is 0. The smallest absolute Gasteiger partial charge is 0.338 e. The minimum absolute atomic E-state index is 0.126. The van der Waals surface area contributed by atoms with E-state index in [1.165, 1.54) is 37.7 Å². The van der Waals surface area contributed by atoms with E-state index < -0.39 is 11.7 Å². The number of benzene rings is 4. The number of esters is 1.